The molecule has 0 aliphatic rings. The van der Waals surface area contributed by atoms with Crippen LogP contribution in [0.1, 0.15) is 16.9 Å². The fourth-order valence-corrected chi connectivity index (χ4v) is 2.14. The average molecular weight is 309 g/mol. The lowest BCUT2D eigenvalue weighted by atomic mass is 10.2. The zero-order chi connectivity index (χ0) is 14.5. The number of thiocarbonyl (C=S) groups is 1. The minimum absolute atomic E-state index is 0.585. The van der Waals surface area contributed by atoms with Gasteiger partial charge in [0.05, 0.1) is 18.0 Å². The molecule has 0 bridgehead atoms. The van der Waals surface area contributed by atoms with E-state index in [1.165, 1.54) is 7.11 Å². The van der Waals surface area contributed by atoms with E-state index in [4.69, 9.17) is 28.2 Å². The molecule has 0 atom stereocenters. The summed E-state index contributed by atoms with van der Waals surface area (Å²) in [6.07, 6.45) is 3.15. The number of nitrogens with zero attached hydrogens (tertiary/aromatic N) is 1. The molecule has 0 spiro atoms. The van der Waals surface area contributed by atoms with E-state index in [2.05, 4.69) is 15.3 Å². The number of oxime groups is 1. The van der Waals surface area contributed by atoms with Gasteiger partial charge in [-0.1, -0.05) is 29.0 Å². The summed E-state index contributed by atoms with van der Waals surface area (Å²) >= 11 is 11.4. The molecule has 20 heavy (non-hydrogen) atoms. The molecule has 1 aromatic carbocycles. The van der Waals surface area contributed by atoms with E-state index in [1.54, 1.807) is 18.5 Å². The predicted molar refractivity (Wildman–Crippen MR) is 84.8 cm³/mol. The molecule has 0 saturated heterocycles. The van der Waals surface area contributed by atoms with Crippen LogP contribution in [-0.4, -0.2) is 18.3 Å². The lowest BCUT2D eigenvalue weighted by molar-refractivity contribution is 0.215. The highest BCUT2D eigenvalue weighted by molar-refractivity contribution is 7.81. The van der Waals surface area contributed by atoms with Gasteiger partial charge >= 0.3 is 0 Å². The highest BCUT2D eigenvalue weighted by atomic mass is 35.5. The maximum atomic E-state index is 6.07. The highest BCUT2D eigenvalue weighted by Gasteiger charge is 2.08. The van der Waals surface area contributed by atoms with Crippen molar-refractivity contribution in [1.29, 1.82) is 0 Å². The third-order valence-electron chi connectivity index (χ3n) is 2.65. The zero-order valence-electron chi connectivity index (χ0n) is 11.0. The minimum atomic E-state index is 0.585. The number of hydrogen-bond acceptors (Lipinski definition) is 4. The molecule has 0 aliphatic carbocycles. The first-order valence-electron chi connectivity index (χ1n) is 5.83. The fourth-order valence-electron chi connectivity index (χ4n) is 1.65. The molecule has 1 N–H and O–H groups in total. The van der Waals surface area contributed by atoms with Crippen LogP contribution in [0.5, 0.6) is 0 Å². The third kappa shape index (κ3) is 3.37. The second-order valence-electron chi connectivity index (χ2n) is 4.00. The summed E-state index contributed by atoms with van der Waals surface area (Å²) in [5.74, 6) is 0.776. The average Bonchev–Trinajstić information content (AvgIpc) is 2.85. The molecular formula is C14H13ClN2O2S. The van der Waals surface area contributed by atoms with Crippen LogP contribution in [-0.2, 0) is 4.84 Å². The van der Waals surface area contributed by atoms with Crippen molar-refractivity contribution in [3.05, 3.63) is 52.4 Å². The van der Waals surface area contributed by atoms with Crippen molar-refractivity contribution in [3.8, 4) is 0 Å². The van der Waals surface area contributed by atoms with Gasteiger partial charge in [-0.3, -0.25) is 0 Å². The topological polar surface area (TPSA) is 46.8 Å². The Bertz CT molecular complexity index is 652. The molecular weight excluding hydrogens is 296 g/mol. The van der Waals surface area contributed by atoms with Crippen molar-refractivity contribution in [1.82, 2.24) is 0 Å². The van der Waals surface area contributed by atoms with Gasteiger partial charge in [-0.15, -0.1) is 0 Å². The van der Waals surface area contributed by atoms with E-state index in [-0.39, 0.29) is 0 Å². The summed E-state index contributed by atoms with van der Waals surface area (Å²) in [5, 5.41) is 7.43. The molecule has 6 heteroatoms. The number of rotatable bonds is 4. The van der Waals surface area contributed by atoms with Crippen molar-refractivity contribution >= 4 is 40.7 Å². The molecule has 1 heterocycles. The van der Waals surface area contributed by atoms with Crippen molar-refractivity contribution in [2.45, 2.75) is 6.92 Å². The smallest absolute Gasteiger partial charge is 0.114 e. The second kappa shape index (κ2) is 6.54. The number of nitrogens with one attached hydrogen (secondary N) is 1. The van der Waals surface area contributed by atoms with Crippen molar-refractivity contribution in [2.24, 2.45) is 5.16 Å². The van der Waals surface area contributed by atoms with E-state index >= 15 is 0 Å². The summed E-state index contributed by atoms with van der Waals surface area (Å²) < 4.78 is 5.23. The van der Waals surface area contributed by atoms with Gasteiger partial charge < -0.3 is 14.6 Å². The predicted octanol–water partition coefficient (Wildman–Crippen LogP) is 4.01. The second-order valence-corrected chi connectivity index (χ2v) is 4.81. The highest BCUT2D eigenvalue weighted by Crippen LogP contribution is 2.20. The van der Waals surface area contributed by atoms with E-state index in [0.717, 1.165) is 22.6 Å². The van der Waals surface area contributed by atoms with Gasteiger partial charge in [0, 0.05) is 16.3 Å². The minimum Gasteiger partial charge on any atom is -0.469 e. The number of halogens is 1. The standard InChI is InChI=1S/C14H13ClN2O2S/c1-9-12(5-6-19-9)14(20)17-11-3-4-13(15)10(7-11)8-16-18-2/h3-8H,1-2H3,(H,17,20)/b16-8-. The normalized spacial score (nSPS) is 10.8. The molecule has 0 radical (unpaired) electrons. The maximum absolute atomic E-state index is 6.07. The van der Waals surface area contributed by atoms with Crippen LogP contribution in [0.3, 0.4) is 0 Å². The van der Waals surface area contributed by atoms with E-state index in [9.17, 15) is 0 Å². The van der Waals surface area contributed by atoms with Gasteiger partial charge in [0.15, 0.2) is 0 Å². The quantitative estimate of drug-likeness (QED) is 0.526. The van der Waals surface area contributed by atoms with Gasteiger partial charge in [0.1, 0.15) is 17.9 Å². The van der Waals surface area contributed by atoms with Crippen LogP contribution < -0.4 is 5.32 Å². The number of anilines is 1. The monoisotopic (exact) mass is 308 g/mol. The number of hydrogen-bond donors (Lipinski definition) is 1. The van der Waals surface area contributed by atoms with Gasteiger partial charge in [-0.2, -0.15) is 0 Å². The van der Waals surface area contributed by atoms with Crippen LogP contribution in [0, 0.1) is 6.92 Å². The first kappa shape index (κ1) is 14.6. The van der Waals surface area contributed by atoms with E-state index < -0.39 is 0 Å². The molecule has 0 amide bonds. The van der Waals surface area contributed by atoms with Gasteiger partial charge in [0.25, 0.3) is 0 Å². The maximum Gasteiger partial charge on any atom is 0.114 e. The Hall–Kier alpha value is -1.85. The van der Waals surface area contributed by atoms with Gasteiger partial charge in [-0.05, 0) is 31.2 Å². The van der Waals surface area contributed by atoms with Crippen LogP contribution in [0.2, 0.25) is 5.02 Å². The Labute approximate surface area is 127 Å². The molecule has 4 nitrogen and oxygen atoms in total. The van der Waals surface area contributed by atoms with Crippen LogP contribution in [0.4, 0.5) is 5.69 Å². The molecule has 1 aromatic heterocycles. The van der Waals surface area contributed by atoms with E-state index in [1.807, 2.05) is 25.1 Å². The largest absolute Gasteiger partial charge is 0.469 e. The molecule has 2 aromatic rings. The molecule has 0 fully saturated rings. The summed E-state index contributed by atoms with van der Waals surface area (Å²) in [7, 11) is 1.48. The first-order chi connectivity index (χ1) is 9.61. The SMILES string of the molecule is CO/N=C\c1cc(NC(=S)c2ccoc2C)ccc1Cl. The lowest BCUT2D eigenvalue weighted by Crippen LogP contribution is -2.10. The summed E-state index contributed by atoms with van der Waals surface area (Å²) in [5.41, 5.74) is 2.42. The fraction of sp³-hybridized carbons (Fsp3) is 0.143. The summed E-state index contributed by atoms with van der Waals surface area (Å²) in [6, 6.07) is 7.28. The number of furan rings is 1. The zero-order valence-corrected chi connectivity index (χ0v) is 12.6. The Morgan fingerprint density at radius 3 is 2.90 bits per heavy atom. The number of aryl methyl sites for hydroxylation is 1. The van der Waals surface area contributed by atoms with Crippen molar-refractivity contribution in [3.63, 3.8) is 0 Å². The van der Waals surface area contributed by atoms with Crippen LogP contribution in [0.25, 0.3) is 0 Å². The summed E-state index contributed by atoms with van der Waals surface area (Å²) in [6.45, 7) is 1.86. The van der Waals surface area contributed by atoms with Gasteiger partial charge in [-0.25, -0.2) is 0 Å². The molecule has 2 rings (SSSR count). The Morgan fingerprint density at radius 2 is 2.25 bits per heavy atom. The molecule has 0 unspecified atom stereocenters. The van der Waals surface area contributed by atoms with Crippen LogP contribution >= 0.6 is 23.8 Å². The van der Waals surface area contributed by atoms with Crippen molar-refractivity contribution < 1.29 is 9.25 Å². The molecule has 104 valence electrons. The van der Waals surface area contributed by atoms with Gasteiger partial charge in [0.2, 0.25) is 0 Å². The lowest BCUT2D eigenvalue weighted by Gasteiger charge is -2.08. The first-order valence-corrected chi connectivity index (χ1v) is 6.62. The Balaban J connectivity index is 2.20. The summed E-state index contributed by atoms with van der Waals surface area (Å²) in [4.78, 5) is 5.24. The Kier molecular flexibility index (Phi) is 4.76. The Morgan fingerprint density at radius 1 is 1.45 bits per heavy atom. The molecule has 0 saturated carbocycles. The van der Waals surface area contributed by atoms with E-state index in [0.29, 0.717) is 10.0 Å². The molecule has 0 aliphatic heterocycles. The van der Waals surface area contributed by atoms with Crippen molar-refractivity contribution in [2.75, 3.05) is 12.4 Å². The number of benzene rings is 1. The third-order valence-corrected chi connectivity index (χ3v) is 3.32. The van der Waals surface area contributed by atoms with Crippen LogP contribution in [0.15, 0.2) is 40.1 Å².